The number of carboxylic acid groups (broad SMARTS) is 1. The predicted molar refractivity (Wildman–Crippen MR) is 73.0 cm³/mol. The quantitative estimate of drug-likeness (QED) is 0.895. The SMILES string of the molecule is Cc1cc2cccc(CCC(=O)O)c2n1C(C)C. The molecule has 1 heterocycles. The molecule has 0 amide bonds. The summed E-state index contributed by atoms with van der Waals surface area (Å²) >= 11 is 0. The molecule has 0 saturated carbocycles. The monoisotopic (exact) mass is 245 g/mol. The molecule has 96 valence electrons. The number of nitrogens with zero attached hydrogens (tertiary/aromatic N) is 1. The first-order valence-electron chi connectivity index (χ1n) is 6.32. The highest BCUT2D eigenvalue weighted by Gasteiger charge is 2.12. The molecule has 1 N–H and O–H groups in total. The lowest BCUT2D eigenvalue weighted by Crippen LogP contribution is -2.05. The molecule has 2 rings (SSSR count). The fourth-order valence-corrected chi connectivity index (χ4v) is 2.60. The van der Waals surface area contributed by atoms with Crippen LogP contribution in [0.15, 0.2) is 24.3 Å². The van der Waals surface area contributed by atoms with Crippen molar-refractivity contribution in [2.24, 2.45) is 0 Å². The number of aromatic nitrogens is 1. The molecule has 3 heteroatoms. The zero-order valence-electron chi connectivity index (χ0n) is 11.1. The van der Waals surface area contributed by atoms with Crippen LogP contribution in [0, 0.1) is 6.92 Å². The molecule has 2 aromatic rings. The van der Waals surface area contributed by atoms with Crippen LogP contribution in [0.4, 0.5) is 0 Å². The lowest BCUT2D eigenvalue weighted by Gasteiger charge is -2.15. The Kier molecular flexibility index (Phi) is 3.41. The minimum Gasteiger partial charge on any atom is -0.481 e. The van der Waals surface area contributed by atoms with E-state index in [0.717, 1.165) is 5.56 Å². The molecule has 0 spiro atoms. The number of carboxylic acids is 1. The molecule has 0 atom stereocenters. The van der Waals surface area contributed by atoms with E-state index in [9.17, 15) is 4.79 Å². The molecule has 3 nitrogen and oxygen atoms in total. The van der Waals surface area contributed by atoms with Crippen LogP contribution in [0.1, 0.15) is 37.6 Å². The van der Waals surface area contributed by atoms with E-state index in [1.807, 2.05) is 12.1 Å². The molecule has 1 aromatic heterocycles. The summed E-state index contributed by atoms with van der Waals surface area (Å²) in [7, 11) is 0. The summed E-state index contributed by atoms with van der Waals surface area (Å²) in [6.07, 6.45) is 0.768. The van der Waals surface area contributed by atoms with E-state index in [-0.39, 0.29) is 6.42 Å². The lowest BCUT2D eigenvalue weighted by molar-refractivity contribution is -0.136. The van der Waals surface area contributed by atoms with E-state index in [1.165, 1.54) is 16.6 Å². The normalized spacial score (nSPS) is 11.3. The summed E-state index contributed by atoms with van der Waals surface area (Å²) in [6, 6.07) is 8.67. The number of benzene rings is 1. The average molecular weight is 245 g/mol. The van der Waals surface area contributed by atoms with Gasteiger partial charge in [-0.05, 0) is 38.8 Å². The third kappa shape index (κ3) is 2.26. The number of rotatable bonds is 4. The summed E-state index contributed by atoms with van der Waals surface area (Å²) in [4.78, 5) is 10.7. The van der Waals surface area contributed by atoms with Crippen LogP contribution in [0.5, 0.6) is 0 Å². The molecule has 18 heavy (non-hydrogen) atoms. The smallest absolute Gasteiger partial charge is 0.303 e. The van der Waals surface area contributed by atoms with E-state index >= 15 is 0 Å². The van der Waals surface area contributed by atoms with Gasteiger partial charge in [0.05, 0.1) is 5.52 Å². The first-order chi connectivity index (χ1) is 8.50. The van der Waals surface area contributed by atoms with Crippen LogP contribution in [-0.2, 0) is 11.2 Å². The molecular weight excluding hydrogens is 226 g/mol. The Labute approximate surface area is 107 Å². The van der Waals surface area contributed by atoms with E-state index < -0.39 is 5.97 Å². The van der Waals surface area contributed by atoms with Gasteiger partial charge in [0, 0.05) is 23.5 Å². The Bertz CT molecular complexity index is 581. The van der Waals surface area contributed by atoms with Crippen LogP contribution in [-0.4, -0.2) is 15.6 Å². The van der Waals surface area contributed by atoms with Crippen LogP contribution in [0.3, 0.4) is 0 Å². The second-order valence-electron chi connectivity index (χ2n) is 5.00. The van der Waals surface area contributed by atoms with Crippen LogP contribution < -0.4 is 0 Å². The fraction of sp³-hybridized carbons (Fsp3) is 0.400. The molecule has 0 aliphatic rings. The number of fused-ring (bicyclic) bond motifs is 1. The maximum Gasteiger partial charge on any atom is 0.303 e. The number of para-hydroxylation sites is 1. The van der Waals surface area contributed by atoms with E-state index in [2.05, 4.69) is 37.5 Å². The van der Waals surface area contributed by atoms with Crippen molar-refractivity contribution in [1.82, 2.24) is 4.57 Å². The number of hydrogen-bond acceptors (Lipinski definition) is 1. The van der Waals surface area contributed by atoms with Crippen LogP contribution in [0.2, 0.25) is 0 Å². The molecule has 0 bridgehead atoms. The van der Waals surface area contributed by atoms with Crippen molar-refractivity contribution in [2.45, 2.75) is 39.7 Å². The highest BCUT2D eigenvalue weighted by atomic mass is 16.4. The molecule has 0 unspecified atom stereocenters. The number of aryl methyl sites for hydroxylation is 2. The Morgan fingerprint density at radius 1 is 1.39 bits per heavy atom. The second-order valence-corrected chi connectivity index (χ2v) is 5.00. The summed E-state index contributed by atoms with van der Waals surface area (Å²) in [5, 5.41) is 10.0. The van der Waals surface area contributed by atoms with Crippen molar-refractivity contribution in [2.75, 3.05) is 0 Å². The lowest BCUT2D eigenvalue weighted by atomic mass is 10.1. The number of aliphatic carboxylic acids is 1. The molecule has 1 aromatic carbocycles. The Morgan fingerprint density at radius 3 is 2.72 bits per heavy atom. The Morgan fingerprint density at radius 2 is 2.11 bits per heavy atom. The minimum absolute atomic E-state index is 0.182. The minimum atomic E-state index is -0.744. The molecule has 0 radical (unpaired) electrons. The molecular formula is C15H19NO2. The third-order valence-corrected chi connectivity index (χ3v) is 3.26. The zero-order valence-corrected chi connectivity index (χ0v) is 11.1. The first-order valence-corrected chi connectivity index (χ1v) is 6.32. The van der Waals surface area contributed by atoms with Gasteiger partial charge in [0.2, 0.25) is 0 Å². The van der Waals surface area contributed by atoms with Crippen LogP contribution in [0.25, 0.3) is 10.9 Å². The van der Waals surface area contributed by atoms with Crippen molar-refractivity contribution < 1.29 is 9.90 Å². The zero-order chi connectivity index (χ0) is 13.3. The van der Waals surface area contributed by atoms with Crippen molar-refractivity contribution in [3.63, 3.8) is 0 Å². The van der Waals surface area contributed by atoms with Crippen molar-refractivity contribution in [1.29, 1.82) is 0 Å². The van der Waals surface area contributed by atoms with Gasteiger partial charge < -0.3 is 9.67 Å². The average Bonchev–Trinajstić information content (AvgIpc) is 2.62. The maximum absolute atomic E-state index is 10.7. The van der Waals surface area contributed by atoms with E-state index in [1.54, 1.807) is 0 Å². The standard InChI is InChI=1S/C15H19NO2/c1-10(2)16-11(3)9-13-6-4-5-12(15(13)16)7-8-14(17)18/h4-6,9-10H,7-8H2,1-3H3,(H,17,18). The third-order valence-electron chi connectivity index (χ3n) is 3.26. The topological polar surface area (TPSA) is 42.2 Å². The van der Waals surface area contributed by atoms with Gasteiger partial charge in [-0.15, -0.1) is 0 Å². The van der Waals surface area contributed by atoms with Gasteiger partial charge in [-0.3, -0.25) is 4.79 Å². The molecule has 0 aliphatic carbocycles. The van der Waals surface area contributed by atoms with Gasteiger partial charge >= 0.3 is 5.97 Å². The highest BCUT2D eigenvalue weighted by molar-refractivity contribution is 5.85. The molecule has 0 saturated heterocycles. The molecule has 0 aliphatic heterocycles. The van der Waals surface area contributed by atoms with Gasteiger partial charge in [0.25, 0.3) is 0 Å². The van der Waals surface area contributed by atoms with Gasteiger partial charge in [-0.2, -0.15) is 0 Å². The van der Waals surface area contributed by atoms with Crippen molar-refractivity contribution in [3.05, 3.63) is 35.5 Å². The largest absolute Gasteiger partial charge is 0.481 e. The Hall–Kier alpha value is -1.77. The maximum atomic E-state index is 10.7. The fourth-order valence-electron chi connectivity index (χ4n) is 2.60. The van der Waals surface area contributed by atoms with Gasteiger partial charge in [-0.25, -0.2) is 0 Å². The van der Waals surface area contributed by atoms with Gasteiger partial charge in [-0.1, -0.05) is 18.2 Å². The summed E-state index contributed by atoms with van der Waals surface area (Å²) in [5.41, 5.74) is 3.53. The Balaban J connectivity index is 2.55. The van der Waals surface area contributed by atoms with Crippen molar-refractivity contribution >= 4 is 16.9 Å². The number of carbonyl (C=O) groups is 1. The summed E-state index contributed by atoms with van der Waals surface area (Å²) in [6.45, 7) is 6.40. The number of hydrogen-bond donors (Lipinski definition) is 1. The van der Waals surface area contributed by atoms with Crippen molar-refractivity contribution in [3.8, 4) is 0 Å². The van der Waals surface area contributed by atoms with Gasteiger partial charge in [0.15, 0.2) is 0 Å². The van der Waals surface area contributed by atoms with Crippen LogP contribution >= 0.6 is 0 Å². The predicted octanol–water partition coefficient (Wildman–Crippen LogP) is 3.55. The van der Waals surface area contributed by atoms with E-state index in [4.69, 9.17) is 5.11 Å². The van der Waals surface area contributed by atoms with E-state index in [0.29, 0.717) is 12.5 Å². The van der Waals surface area contributed by atoms with Gasteiger partial charge in [0.1, 0.15) is 0 Å². The second kappa shape index (κ2) is 4.84. The highest BCUT2D eigenvalue weighted by Crippen LogP contribution is 2.27. The summed E-state index contributed by atoms with van der Waals surface area (Å²) in [5.74, 6) is -0.744. The first kappa shape index (κ1) is 12.7. The summed E-state index contributed by atoms with van der Waals surface area (Å²) < 4.78 is 2.28. The molecule has 0 fully saturated rings.